The summed E-state index contributed by atoms with van der Waals surface area (Å²) in [6, 6.07) is 8.11. The minimum absolute atomic E-state index is 0.0974. The lowest BCUT2D eigenvalue weighted by Crippen LogP contribution is -2.12. The number of halogens is 2. The van der Waals surface area contributed by atoms with Gasteiger partial charge in [-0.15, -0.1) is 0 Å². The molecule has 2 heterocycles. The van der Waals surface area contributed by atoms with Gasteiger partial charge in [0.05, 0.1) is 0 Å². The maximum Gasteiger partial charge on any atom is 0.302 e. The molecule has 7 heteroatoms. The molecule has 1 N–H and O–H groups in total. The standard InChI is InChI=1S/C13H7Cl2N3O2/c14-8-1-2-10-9(6-8)17-13(20-10)18-12(19)7-3-4-16-11(15)5-7/h1-6H,(H,17,18,19). The van der Waals surface area contributed by atoms with Crippen LogP contribution in [0.1, 0.15) is 10.4 Å². The molecule has 0 saturated heterocycles. The van der Waals surface area contributed by atoms with Crippen molar-refractivity contribution >= 4 is 46.2 Å². The number of benzene rings is 1. The second kappa shape index (κ2) is 5.11. The Bertz CT molecular complexity index is 801. The van der Waals surface area contributed by atoms with Crippen LogP contribution in [0.3, 0.4) is 0 Å². The number of hydrogen-bond acceptors (Lipinski definition) is 4. The molecule has 20 heavy (non-hydrogen) atoms. The van der Waals surface area contributed by atoms with E-state index in [0.717, 1.165) is 0 Å². The van der Waals surface area contributed by atoms with E-state index in [1.807, 2.05) is 0 Å². The Balaban J connectivity index is 1.87. The highest BCUT2D eigenvalue weighted by Crippen LogP contribution is 2.22. The van der Waals surface area contributed by atoms with Gasteiger partial charge in [-0.2, -0.15) is 4.98 Å². The minimum Gasteiger partial charge on any atom is -0.423 e. The zero-order valence-corrected chi connectivity index (χ0v) is 11.4. The Morgan fingerprint density at radius 1 is 1.20 bits per heavy atom. The number of rotatable bonds is 2. The summed E-state index contributed by atoms with van der Waals surface area (Å²) in [7, 11) is 0. The van der Waals surface area contributed by atoms with Crippen molar-refractivity contribution in [2.24, 2.45) is 0 Å². The monoisotopic (exact) mass is 307 g/mol. The first-order chi connectivity index (χ1) is 9.61. The molecular weight excluding hydrogens is 301 g/mol. The van der Waals surface area contributed by atoms with Gasteiger partial charge in [0.2, 0.25) is 0 Å². The van der Waals surface area contributed by atoms with E-state index < -0.39 is 0 Å². The number of hydrogen-bond donors (Lipinski definition) is 1. The van der Waals surface area contributed by atoms with Crippen LogP contribution in [-0.2, 0) is 0 Å². The SMILES string of the molecule is O=C(Nc1nc2cc(Cl)ccc2o1)c1ccnc(Cl)c1. The smallest absolute Gasteiger partial charge is 0.302 e. The van der Waals surface area contributed by atoms with Crippen LogP contribution < -0.4 is 5.32 Å². The Hall–Kier alpha value is -2.11. The average molecular weight is 308 g/mol. The van der Waals surface area contributed by atoms with E-state index in [0.29, 0.717) is 21.7 Å². The van der Waals surface area contributed by atoms with Crippen LogP contribution in [0, 0.1) is 0 Å². The molecule has 0 aliphatic rings. The van der Waals surface area contributed by atoms with Gasteiger partial charge in [0.1, 0.15) is 10.7 Å². The van der Waals surface area contributed by atoms with Crippen LogP contribution in [-0.4, -0.2) is 15.9 Å². The van der Waals surface area contributed by atoms with Crippen LogP contribution in [0.5, 0.6) is 0 Å². The van der Waals surface area contributed by atoms with E-state index in [9.17, 15) is 4.79 Å². The fourth-order valence-corrected chi connectivity index (χ4v) is 2.01. The van der Waals surface area contributed by atoms with Gasteiger partial charge in [-0.25, -0.2) is 4.98 Å². The van der Waals surface area contributed by atoms with E-state index >= 15 is 0 Å². The van der Waals surface area contributed by atoms with E-state index in [4.69, 9.17) is 27.6 Å². The third-order valence-corrected chi connectivity index (χ3v) is 3.00. The minimum atomic E-state index is -0.382. The molecule has 0 spiro atoms. The van der Waals surface area contributed by atoms with Crippen LogP contribution >= 0.6 is 23.2 Å². The van der Waals surface area contributed by atoms with Crippen molar-refractivity contribution in [2.45, 2.75) is 0 Å². The number of oxazole rings is 1. The van der Waals surface area contributed by atoms with Gasteiger partial charge in [0, 0.05) is 16.8 Å². The van der Waals surface area contributed by atoms with E-state index in [2.05, 4.69) is 15.3 Å². The lowest BCUT2D eigenvalue weighted by Gasteiger charge is -2.00. The first-order valence-corrected chi connectivity index (χ1v) is 6.36. The van der Waals surface area contributed by atoms with Crippen LogP contribution in [0.15, 0.2) is 40.9 Å². The van der Waals surface area contributed by atoms with E-state index in [-0.39, 0.29) is 17.1 Å². The molecule has 0 fully saturated rings. The van der Waals surface area contributed by atoms with Crippen molar-refractivity contribution in [2.75, 3.05) is 5.32 Å². The predicted molar refractivity (Wildman–Crippen MR) is 76.2 cm³/mol. The van der Waals surface area contributed by atoms with Crippen LogP contribution in [0.25, 0.3) is 11.1 Å². The Morgan fingerprint density at radius 3 is 2.85 bits per heavy atom. The van der Waals surface area contributed by atoms with E-state index in [1.54, 1.807) is 24.3 Å². The molecule has 3 rings (SSSR count). The number of pyridine rings is 1. The quantitative estimate of drug-likeness (QED) is 0.731. The number of anilines is 1. The normalized spacial score (nSPS) is 10.7. The molecule has 3 aromatic rings. The topological polar surface area (TPSA) is 68.0 Å². The predicted octanol–water partition coefficient (Wildman–Crippen LogP) is 3.78. The highest BCUT2D eigenvalue weighted by atomic mass is 35.5. The summed E-state index contributed by atoms with van der Waals surface area (Å²) in [4.78, 5) is 19.9. The van der Waals surface area contributed by atoms with Gasteiger partial charge < -0.3 is 4.42 Å². The molecule has 0 atom stereocenters. The number of amides is 1. The van der Waals surface area contributed by atoms with Gasteiger partial charge in [-0.05, 0) is 30.3 Å². The van der Waals surface area contributed by atoms with Crippen LogP contribution in [0.4, 0.5) is 6.01 Å². The summed E-state index contributed by atoms with van der Waals surface area (Å²) in [5.74, 6) is -0.382. The van der Waals surface area contributed by atoms with Crippen LogP contribution in [0.2, 0.25) is 10.2 Å². The maximum atomic E-state index is 12.0. The fourth-order valence-electron chi connectivity index (χ4n) is 1.67. The molecule has 1 aromatic carbocycles. The molecule has 100 valence electrons. The fraction of sp³-hybridized carbons (Fsp3) is 0. The molecule has 0 bridgehead atoms. The Labute approximate surface area is 123 Å². The van der Waals surface area contributed by atoms with Crippen molar-refractivity contribution < 1.29 is 9.21 Å². The lowest BCUT2D eigenvalue weighted by molar-refractivity contribution is 0.102. The number of nitrogens with zero attached hydrogens (tertiary/aromatic N) is 2. The van der Waals surface area contributed by atoms with Gasteiger partial charge in [-0.3, -0.25) is 10.1 Å². The second-order valence-corrected chi connectivity index (χ2v) is 4.78. The third-order valence-electron chi connectivity index (χ3n) is 2.56. The Morgan fingerprint density at radius 2 is 2.05 bits per heavy atom. The molecule has 0 radical (unpaired) electrons. The van der Waals surface area contributed by atoms with Crippen molar-refractivity contribution in [3.8, 4) is 0 Å². The zero-order chi connectivity index (χ0) is 14.1. The highest BCUT2D eigenvalue weighted by Gasteiger charge is 2.12. The number of aromatic nitrogens is 2. The number of carbonyl (C=O) groups excluding carboxylic acids is 1. The summed E-state index contributed by atoms with van der Waals surface area (Å²) < 4.78 is 5.40. The highest BCUT2D eigenvalue weighted by molar-refractivity contribution is 6.31. The molecule has 5 nitrogen and oxygen atoms in total. The van der Waals surface area contributed by atoms with Gasteiger partial charge in [-0.1, -0.05) is 23.2 Å². The van der Waals surface area contributed by atoms with Crippen molar-refractivity contribution in [3.63, 3.8) is 0 Å². The summed E-state index contributed by atoms with van der Waals surface area (Å²) in [5.41, 5.74) is 1.48. The number of fused-ring (bicyclic) bond motifs is 1. The summed E-state index contributed by atoms with van der Waals surface area (Å²) >= 11 is 11.6. The molecule has 1 amide bonds. The first-order valence-electron chi connectivity index (χ1n) is 5.61. The van der Waals surface area contributed by atoms with Crippen molar-refractivity contribution in [1.82, 2.24) is 9.97 Å². The Kier molecular flexibility index (Phi) is 3.30. The molecule has 0 saturated carbocycles. The van der Waals surface area contributed by atoms with Crippen molar-refractivity contribution in [3.05, 3.63) is 52.3 Å². The third kappa shape index (κ3) is 2.59. The van der Waals surface area contributed by atoms with Gasteiger partial charge >= 0.3 is 6.01 Å². The average Bonchev–Trinajstić information content (AvgIpc) is 2.80. The maximum absolute atomic E-state index is 12.0. The molecule has 2 aromatic heterocycles. The summed E-state index contributed by atoms with van der Waals surface area (Å²) in [6.07, 6.45) is 1.45. The largest absolute Gasteiger partial charge is 0.423 e. The summed E-state index contributed by atoms with van der Waals surface area (Å²) in [5, 5.41) is 3.33. The lowest BCUT2D eigenvalue weighted by atomic mass is 10.2. The molecular formula is C13H7Cl2N3O2. The number of nitrogens with one attached hydrogen (secondary N) is 1. The van der Waals surface area contributed by atoms with Gasteiger partial charge in [0.25, 0.3) is 5.91 Å². The van der Waals surface area contributed by atoms with Crippen molar-refractivity contribution in [1.29, 1.82) is 0 Å². The summed E-state index contributed by atoms with van der Waals surface area (Å²) in [6.45, 7) is 0. The molecule has 0 aliphatic carbocycles. The first kappa shape index (κ1) is 12.9. The van der Waals surface area contributed by atoms with E-state index in [1.165, 1.54) is 12.3 Å². The number of carbonyl (C=O) groups is 1. The van der Waals surface area contributed by atoms with Gasteiger partial charge in [0.15, 0.2) is 5.58 Å². The molecule has 0 unspecified atom stereocenters. The molecule has 0 aliphatic heterocycles. The second-order valence-electron chi connectivity index (χ2n) is 3.95. The zero-order valence-electron chi connectivity index (χ0n) is 9.93.